The molecule has 1 aliphatic carbocycles. The summed E-state index contributed by atoms with van der Waals surface area (Å²) in [5.74, 6) is 1.56. The summed E-state index contributed by atoms with van der Waals surface area (Å²) in [6.07, 6.45) is 7.75. The number of hydrogen-bond acceptors (Lipinski definition) is 4. The number of H-pyrrole nitrogens is 1. The lowest BCUT2D eigenvalue weighted by Crippen LogP contribution is -2.10. The first-order valence-electron chi connectivity index (χ1n) is 7.25. The molecule has 2 aromatic rings. The maximum Gasteiger partial charge on any atom is 0.216 e. The topological polar surface area (TPSA) is 66.2 Å². The normalized spacial score (nSPS) is 16.6. The lowest BCUT2D eigenvalue weighted by Gasteiger charge is -2.19. The van der Waals surface area contributed by atoms with Gasteiger partial charge in [0.2, 0.25) is 4.77 Å². The summed E-state index contributed by atoms with van der Waals surface area (Å²) in [6.45, 7) is 0. The molecule has 0 unspecified atom stereocenters. The summed E-state index contributed by atoms with van der Waals surface area (Å²) in [6, 6.07) is 6.96. The Hall–Kier alpha value is -1.95. The number of aromatic amines is 1. The largest absolute Gasteiger partial charge is 0.508 e. The highest BCUT2D eigenvalue weighted by atomic mass is 32.1. The predicted octanol–water partition coefficient (Wildman–Crippen LogP) is 3.58. The van der Waals surface area contributed by atoms with E-state index in [1.807, 2.05) is 6.07 Å². The van der Waals surface area contributed by atoms with E-state index >= 15 is 0 Å². The first kappa shape index (κ1) is 14.0. The van der Waals surface area contributed by atoms with Gasteiger partial charge in [-0.15, -0.1) is 0 Å². The molecule has 21 heavy (non-hydrogen) atoms. The van der Waals surface area contributed by atoms with E-state index in [2.05, 4.69) is 15.3 Å². The van der Waals surface area contributed by atoms with Crippen molar-refractivity contribution in [2.75, 3.05) is 0 Å². The number of aromatic nitrogens is 3. The molecule has 1 heterocycles. The minimum atomic E-state index is 0.224. The third-order valence-electron chi connectivity index (χ3n) is 3.84. The molecule has 0 bridgehead atoms. The molecule has 0 atom stereocenters. The molecule has 110 valence electrons. The number of rotatable bonds is 3. The van der Waals surface area contributed by atoms with Crippen molar-refractivity contribution in [3.05, 3.63) is 40.4 Å². The minimum absolute atomic E-state index is 0.224. The van der Waals surface area contributed by atoms with Gasteiger partial charge in [-0.2, -0.15) is 14.9 Å². The van der Waals surface area contributed by atoms with Crippen LogP contribution in [0.4, 0.5) is 0 Å². The number of aromatic hydroxyl groups is 1. The molecule has 1 aromatic carbocycles. The van der Waals surface area contributed by atoms with Crippen LogP contribution in [0.3, 0.4) is 0 Å². The first-order chi connectivity index (χ1) is 10.2. The Labute approximate surface area is 128 Å². The van der Waals surface area contributed by atoms with Crippen LogP contribution in [-0.2, 0) is 0 Å². The first-order valence-corrected chi connectivity index (χ1v) is 7.65. The average molecular weight is 302 g/mol. The van der Waals surface area contributed by atoms with Gasteiger partial charge < -0.3 is 5.11 Å². The Bertz CT molecular complexity index is 698. The van der Waals surface area contributed by atoms with Crippen molar-refractivity contribution >= 4 is 18.4 Å². The van der Waals surface area contributed by atoms with Gasteiger partial charge in [0.25, 0.3) is 0 Å². The average Bonchev–Trinajstić information content (AvgIpc) is 2.87. The van der Waals surface area contributed by atoms with E-state index in [4.69, 9.17) is 12.2 Å². The molecule has 2 N–H and O–H groups in total. The van der Waals surface area contributed by atoms with E-state index in [0.717, 1.165) is 24.2 Å². The second kappa shape index (κ2) is 6.22. The van der Waals surface area contributed by atoms with Crippen LogP contribution < -0.4 is 0 Å². The Balaban J connectivity index is 1.88. The number of benzene rings is 1. The van der Waals surface area contributed by atoms with Crippen LogP contribution in [0.2, 0.25) is 0 Å². The molecule has 1 aliphatic rings. The fourth-order valence-electron chi connectivity index (χ4n) is 2.77. The molecule has 1 aromatic heterocycles. The van der Waals surface area contributed by atoms with E-state index < -0.39 is 0 Å². The van der Waals surface area contributed by atoms with Crippen molar-refractivity contribution in [3.8, 4) is 5.75 Å². The number of phenols is 1. The van der Waals surface area contributed by atoms with Gasteiger partial charge in [-0.25, -0.2) is 0 Å². The van der Waals surface area contributed by atoms with E-state index in [1.54, 1.807) is 29.1 Å². The number of hydrogen-bond donors (Lipinski definition) is 2. The van der Waals surface area contributed by atoms with E-state index in [0.29, 0.717) is 10.7 Å². The Morgan fingerprint density at radius 1 is 1.33 bits per heavy atom. The van der Waals surface area contributed by atoms with E-state index in [1.165, 1.54) is 19.3 Å². The van der Waals surface area contributed by atoms with Crippen molar-refractivity contribution < 1.29 is 5.11 Å². The molecular weight excluding hydrogens is 284 g/mol. The van der Waals surface area contributed by atoms with E-state index in [-0.39, 0.29) is 5.75 Å². The van der Waals surface area contributed by atoms with Gasteiger partial charge in [0, 0.05) is 5.92 Å². The molecule has 1 fully saturated rings. The number of nitrogens with one attached hydrogen (secondary N) is 1. The zero-order valence-electron chi connectivity index (χ0n) is 11.7. The summed E-state index contributed by atoms with van der Waals surface area (Å²) in [4.78, 5) is 0. The third-order valence-corrected chi connectivity index (χ3v) is 4.10. The predicted molar refractivity (Wildman–Crippen MR) is 84.3 cm³/mol. The summed E-state index contributed by atoms with van der Waals surface area (Å²) >= 11 is 5.27. The van der Waals surface area contributed by atoms with Gasteiger partial charge in [-0.05, 0) is 42.8 Å². The van der Waals surface area contributed by atoms with Gasteiger partial charge >= 0.3 is 0 Å². The fraction of sp³-hybridized carbons (Fsp3) is 0.400. The SMILES string of the molecule is Oc1cccc(/C=N/n2c(C3CCCCC3)n[nH]c2=S)c1. The molecule has 0 aliphatic heterocycles. The molecule has 3 rings (SSSR count). The van der Waals surface area contributed by atoms with Crippen LogP contribution in [0.1, 0.15) is 49.4 Å². The Kier molecular flexibility index (Phi) is 4.15. The zero-order valence-corrected chi connectivity index (χ0v) is 12.5. The van der Waals surface area contributed by atoms with Gasteiger partial charge in [0.15, 0.2) is 5.82 Å². The number of phenolic OH excluding ortho intramolecular Hbond substituents is 1. The third kappa shape index (κ3) is 3.21. The lowest BCUT2D eigenvalue weighted by molar-refractivity contribution is 0.419. The standard InChI is InChI=1S/C15H18N4OS/c20-13-8-4-5-11(9-13)10-16-19-14(17-18-15(19)21)12-6-2-1-3-7-12/h4-5,8-10,12,20H,1-3,6-7H2,(H,18,21)/b16-10+. The van der Waals surface area contributed by atoms with Crippen LogP contribution in [0.25, 0.3) is 0 Å². The lowest BCUT2D eigenvalue weighted by atomic mass is 9.89. The van der Waals surface area contributed by atoms with Crippen LogP contribution in [0.5, 0.6) is 5.75 Å². The van der Waals surface area contributed by atoms with E-state index in [9.17, 15) is 5.11 Å². The second-order valence-electron chi connectivity index (χ2n) is 5.37. The second-order valence-corrected chi connectivity index (χ2v) is 5.76. The van der Waals surface area contributed by atoms with Crippen molar-refractivity contribution in [3.63, 3.8) is 0 Å². The maximum atomic E-state index is 9.48. The minimum Gasteiger partial charge on any atom is -0.508 e. The summed E-state index contributed by atoms with van der Waals surface area (Å²) in [5.41, 5.74) is 0.827. The molecule has 5 nitrogen and oxygen atoms in total. The molecule has 1 saturated carbocycles. The molecule has 0 spiro atoms. The summed E-state index contributed by atoms with van der Waals surface area (Å²) in [7, 11) is 0. The maximum absolute atomic E-state index is 9.48. The van der Waals surface area contributed by atoms with Crippen LogP contribution in [0.15, 0.2) is 29.4 Å². The molecular formula is C15H18N4OS. The van der Waals surface area contributed by atoms with Gasteiger partial charge in [0.1, 0.15) is 5.75 Å². The number of nitrogens with zero attached hydrogens (tertiary/aromatic N) is 3. The van der Waals surface area contributed by atoms with Gasteiger partial charge in [-0.3, -0.25) is 5.10 Å². The molecule has 6 heteroatoms. The Morgan fingerprint density at radius 2 is 2.14 bits per heavy atom. The molecule has 0 amide bonds. The van der Waals surface area contributed by atoms with Crippen LogP contribution >= 0.6 is 12.2 Å². The van der Waals surface area contributed by atoms with Gasteiger partial charge in [0.05, 0.1) is 6.21 Å². The Morgan fingerprint density at radius 3 is 2.90 bits per heavy atom. The van der Waals surface area contributed by atoms with Gasteiger partial charge in [-0.1, -0.05) is 31.4 Å². The molecule has 0 saturated heterocycles. The highest BCUT2D eigenvalue weighted by molar-refractivity contribution is 7.71. The highest BCUT2D eigenvalue weighted by Gasteiger charge is 2.21. The van der Waals surface area contributed by atoms with Crippen molar-refractivity contribution in [1.82, 2.24) is 14.9 Å². The monoisotopic (exact) mass is 302 g/mol. The molecule has 0 radical (unpaired) electrons. The highest BCUT2D eigenvalue weighted by Crippen LogP contribution is 2.31. The van der Waals surface area contributed by atoms with Crippen LogP contribution in [0, 0.1) is 4.77 Å². The van der Waals surface area contributed by atoms with Crippen molar-refractivity contribution in [2.24, 2.45) is 5.10 Å². The zero-order chi connectivity index (χ0) is 14.7. The summed E-state index contributed by atoms with van der Waals surface area (Å²) < 4.78 is 2.21. The summed E-state index contributed by atoms with van der Waals surface area (Å²) in [5, 5.41) is 21.1. The van der Waals surface area contributed by atoms with Crippen molar-refractivity contribution in [1.29, 1.82) is 0 Å². The quantitative estimate of drug-likeness (QED) is 0.673. The van der Waals surface area contributed by atoms with Crippen LogP contribution in [-0.4, -0.2) is 26.2 Å². The smallest absolute Gasteiger partial charge is 0.216 e. The fourth-order valence-corrected chi connectivity index (χ4v) is 2.96. The van der Waals surface area contributed by atoms with Crippen molar-refractivity contribution in [2.45, 2.75) is 38.0 Å².